The number of benzene rings is 2. The molecule has 2 heterocycles. The average molecular weight is 501 g/mol. The Morgan fingerprint density at radius 2 is 1.82 bits per heavy atom. The van der Waals surface area contributed by atoms with Crippen molar-refractivity contribution in [1.82, 2.24) is 5.32 Å². The van der Waals surface area contributed by atoms with Crippen molar-refractivity contribution in [3.8, 4) is 0 Å². The van der Waals surface area contributed by atoms with Gasteiger partial charge in [-0.25, -0.2) is 4.39 Å². The molecule has 33 heavy (non-hydrogen) atoms. The Bertz CT molecular complexity index is 1140. The van der Waals surface area contributed by atoms with E-state index in [9.17, 15) is 23.8 Å². The molecule has 0 radical (unpaired) electrons. The summed E-state index contributed by atoms with van der Waals surface area (Å²) in [6, 6.07) is 7.79. The average Bonchev–Trinajstić information content (AvgIpc) is 3.22. The summed E-state index contributed by atoms with van der Waals surface area (Å²) >= 11 is 12.2. The molecular weight excluding hydrogens is 480 g/mol. The first-order chi connectivity index (χ1) is 15.6. The van der Waals surface area contributed by atoms with Crippen molar-refractivity contribution in [2.24, 2.45) is 5.41 Å². The topological polar surface area (TPSA) is 81.6 Å². The Morgan fingerprint density at radius 3 is 2.45 bits per heavy atom. The van der Waals surface area contributed by atoms with E-state index in [4.69, 9.17) is 23.2 Å². The lowest BCUT2D eigenvalue weighted by molar-refractivity contribution is -0.131. The van der Waals surface area contributed by atoms with Crippen molar-refractivity contribution >= 4 is 34.8 Å². The first-order valence-corrected chi connectivity index (χ1v) is 11.2. The van der Waals surface area contributed by atoms with Crippen LogP contribution in [-0.2, 0) is 10.2 Å². The Hall–Kier alpha value is -1.84. The fraction of sp³-hybridized carbons (Fsp3) is 0.435. The Morgan fingerprint density at radius 1 is 1.12 bits per heavy atom. The first kappa shape index (κ1) is 22.9. The lowest BCUT2D eigenvalue weighted by Crippen LogP contribution is -2.70. The van der Waals surface area contributed by atoms with Gasteiger partial charge in [-0.2, -0.15) is 0 Å². The van der Waals surface area contributed by atoms with Gasteiger partial charge < -0.3 is 20.8 Å². The number of carbonyl (C=O) groups excluding carboxylic acids is 1. The van der Waals surface area contributed by atoms with Crippen LogP contribution in [0.15, 0.2) is 36.4 Å². The van der Waals surface area contributed by atoms with Crippen LogP contribution in [0.3, 0.4) is 0 Å². The number of aliphatic hydroxyl groups is 2. The van der Waals surface area contributed by atoms with Gasteiger partial charge in [-0.05, 0) is 42.2 Å². The first-order valence-electron chi connectivity index (χ1n) is 10.5. The van der Waals surface area contributed by atoms with Gasteiger partial charge in [-0.3, -0.25) is 13.6 Å². The van der Waals surface area contributed by atoms with Crippen molar-refractivity contribution in [1.29, 1.82) is 0 Å². The van der Waals surface area contributed by atoms with Crippen LogP contribution in [0.2, 0.25) is 10.0 Å². The van der Waals surface area contributed by atoms with Gasteiger partial charge in [-0.1, -0.05) is 41.4 Å². The molecule has 0 aromatic heterocycles. The summed E-state index contributed by atoms with van der Waals surface area (Å²) in [5.41, 5.74) is -3.35. The van der Waals surface area contributed by atoms with E-state index in [0.717, 1.165) is 0 Å². The predicted octanol–water partition coefficient (Wildman–Crippen LogP) is 3.85. The summed E-state index contributed by atoms with van der Waals surface area (Å²) in [7, 11) is 0. The van der Waals surface area contributed by atoms with E-state index in [2.05, 4.69) is 10.6 Å². The monoisotopic (exact) mass is 500 g/mol. The number of fused-ring (bicyclic) bond motifs is 3. The highest BCUT2D eigenvalue weighted by atomic mass is 35.5. The number of rotatable bonds is 4. The Labute approximate surface area is 197 Å². The number of alkyl halides is 2. The van der Waals surface area contributed by atoms with Gasteiger partial charge >= 0.3 is 0 Å². The third-order valence-electron chi connectivity index (χ3n) is 7.59. The molecule has 0 unspecified atom stereocenters. The van der Waals surface area contributed by atoms with Gasteiger partial charge in [0.25, 0.3) is 0 Å². The molecule has 1 saturated carbocycles. The van der Waals surface area contributed by atoms with Crippen molar-refractivity contribution in [2.45, 2.75) is 42.0 Å². The van der Waals surface area contributed by atoms with E-state index in [1.54, 1.807) is 18.2 Å². The fourth-order valence-corrected chi connectivity index (χ4v) is 6.80. The summed E-state index contributed by atoms with van der Waals surface area (Å²) in [6.45, 7) is -1.89. The zero-order chi connectivity index (χ0) is 23.8. The largest absolute Gasteiger partial charge is 0.367 e. The van der Waals surface area contributed by atoms with E-state index in [-0.39, 0.29) is 23.4 Å². The van der Waals surface area contributed by atoms with Crippen molar-refractivity contribution in [3.05, 3.63) is 63.4 Å². The predicted molar refractivity (Wildman–Crippen MR) is 117 cm³/mol. The minimum Gasteiger partial charge on any atom is -0.367 e. The van der Waals surface area contributed by atoms with Gasteiger partial charge in [0, 0.05) is 27.6 Å². The van der Waals surface area contributed by atoms with Crippen LogP contribution in [0.1, 0.15) is 29.9 Å². The molecule has 176 valence electrons. The van der Waals surface area contributed by atoms with Gasteiger partial charge in [0.15, 0.2) is 6.29 Å². The molecule has 2 fully saturated rings. The van der Waals surface area contributed by atoms with Crippen LogP contribution in [0, 0.1) is 11.2 Å². The lowest BCUT2D eigenvalue weighted by atomic mass is 9.46. The normalized spacial score (nSPS) is 28.9. The van der Waals surface area contributed by atoms with Gasteiger partial charge in [0.05, 0.1) is 24.4 Å². The van der Waals surface area contributed by atoms with E-state index < -0.39 is 59.7 Å². The van der Waals surface area contributed by atoms with E-state index in [1.165, 1.54) is 18.2 Å². The molecule has 5 rings (SSSR count). The Balaban J connectivity index is 1.81. The molecule has 2 aromatic carbocycles. The molecule has 3 aliphatic rings. The highest BCUT2D eigenvalue weighted by Crippen LogP contribution is 2.68. The molecule has 2 spiro atoms. The second-order valence-electron chi connectivity index (χ2n) is 9.36. The summed E-state index contributed by atoms with van der Waals surface area (Å²) < 4.78 is 43.1. The molecule has 5 nitrogen and oxygen atoms in total. The third kappa shape index (κ3) is 2.88. The second kappa shape index (κ2) is 7.58. The quantitative estimate of drug-likeness (QED) is 0.480. The van der Waals surface area contributed by atoms with Crippen molar-refractivity contribution < 1.29 is 28.2 Å². The van der Waals surface area contributed by atoms with Crippen LogP contribution >= 0.6 is 23.2 Å². The highest BCUT2D eigenvalue weighted by molar-refractivity contribution is 6.31. The molecule has 2 aliphatic heterocycles. The summed E-state index contributed by atoms with van der Waals surface area (Å²) in [5.74, 6) is -2.48. The zero-order valence-electron chi connectivity index (χ0n) is 17.2. The number of aliphatic hydroxyl groups excluding tert-OH is 1. The van der Waals surface area contributed by atoms with Crippen LogP contribution < -0.4 is 10.6 Å². The van der Waals surface area contributed by atoms with Crippen LogP contribution in [0.4, 0.5) is 18.9 Å². The van der Waals surface area contributed by atoms with E-state index in [0.29, 0.717) is 16.3 Å². The lowest BCUT2D eigenvalue weighted by Gasteiger charge is -2.59. The summed E-state index contributed by atoms with van der Waals surface area (Å²) in [6.07, 6.45) is -2.19. The molecule has 1 saturated heterocycles. The second-order valence-corrected chi connectivity index (χ2v) is 10.2. The number of carbonyl (C=O) groups is 1. The maximum absolute atomic E-state index is 15.4. The minimum atomic E-state index is -2.00. The fourth-order valence-electron chi connectivity index (χ4n) is 6.44. The smallest absolute Gasteiger partial charge is 0.237 e. The highest BCUT2D eigenvalue weighted by Gasteiger charge is 2.77. The maximum atomic E-state index is 15.4. The van der Waals surface area contributed by atoms with Gasteiger partial charge in [0.2, 0.25) is 5.91 Å². The third-order valence-corrected chi connectivity index (χ3v) is 8.12. The van der Waals surface area contributed by atoms with E-state index >= 15 is 4.39 Å². The van der Waals surface area contributed by atoms with Crippen LogP contribution in [-0.4, -0.2) is 47.3 Å². The van der Waals surface area contributed by atoms with Crippen molar-refractivity contribution in [3.63, 3.8) is 0 Å². The summed E-state index contributed by atoms with van der Waals surface area (Å²) in [5, 5.41) is 26.6. The summed E-state index contributed by atoms with van der Waals surface area (Å²) in [4.78, 5) is 13.8. The molecular formula is C23H21Cl2F3N2O3. The maximum Gasteiger partial charge on any atom is 0.237 e. The van der Waals surface area contributed by atoms with E-state index in [1.807, 2.05) is 0 Å². The number of hydrogen-bond donors (Lipinski definition) is 4. The molecule has 0 bridgehead atoms. The SMILES string of the molecule is O=C1Nc2cc(Cl)ccc2[C@@]12[C@@H](c1cccc(Cl)c1F)[C@H](C(O)O)NC21CC(CF)(CF)C1. The van der Waals surface area contributed by atoms with Gasteiger partial charge in [0.1, 0.15) is 11.2 Å². The zero-order valence-corrected chi connectivity index (χ0v) is 18.7. The van der Waals surface area contributed by atoms with Crippen molar-refractivity contribution in [2.75, 3.05) is 18.7 Å². The standard InChI is InChI=1S/C23H21Cl2F3N2O3/c24-11-4-5-13-15(6-11)29-20(33)23(13)16(12-2-1-3-14(25)17(12)28)18(19(31)32)30-22(23)7-21(8-22,9-26)10-27/h1-6,16,18-19,30-32H,7-10H2,(H,29,33)/t16-,18+,23+/m0/s1. The molecule has 1 aliphatic carbocycles. The number of nitrogens with one attached hydrogen (secondary N) is 2. The molecule has 3 atom stereocenters. The number of hydrogen-bond acceptors (Lipinski definition) is 4. The molecule has 2 aromatic rings. The Kier molecular flexibility index (Phi) is 5.27. The van der Waals surface area contributed by atoms with Gasteiger partial charge in [-0.15, -0.1) is 0 Å². The number of halogens is 5. The molecule has 10 heteroatoms. The van der Waals surface area contributed by atoms with Crippen LogP contribution in [0.25, 0.3) is 0 Å². The number of anilines is 1. The number of amides is 1. The minimum absolute atomic E-state index is 0.000854. The molecule has 1 amide bonds. The molecule has 4 N–H and O–H groups in total. The van der Waals surface area contributed by atoms with Crippen LogP contribution in [0.5, 0.6) is 0 Å².